The average Bonchev–Trinajstić information content (AvgIpc) is 3.13. The van der Waals surface area contributed by atoms with Gasteiger partial charge in [-0.3, -0.25) is 4.79 Å². The van der Waals surface area contributed by atoms with Crippen LogP contribution in [0.2, 0.25) is 10.0 Å². The molecule has 0 N–H and O–H groups in total. The molecule has 7 heteroatoms. The van der Waals surface area contributed by atoms with E-state index in [1.54, 1.807) is 22.6 Å². The van der Waals surface area contributed by atoms with Gasteiger partial charge in [0.2, 0.25) is 4.96 Å². The zero-order chi connectivity index (χ0) is 17.6. The van der Waals surface area contributed by atoms with Crippen LogP contribution in [0, 0.1) is 6.92 Å². The molecular formula is C18H11Cl2N3OS. The number of aryl methyl sites for hydroxylation is 1. The first-order valence-corrected chi connectivity index (χ1v) is 9.02. The van der Waals surface area contributed by atoms with Gasteiger partial charge >= 0.3 is 0 Å². The molecule has 2 heterocycles. The molecule has 0 amide bonds. The molecule has 0 bridgehead atoms. The van der Waals surface area contributed by atoms with E-state index in [0.717, 1.165) is 16.7 Å². The van der Waals surface area contributed by atoms with Crippen molar-refractivity contribution in [1.82, 2.24) is 14.6 Å². The summed E-state index contributed by atoms with van der Waals surface area (Å²) in [6, 6.07) is 13.1. The van der Waals surface area contributed by atoms with Crippen molar-refractivity contribution in [3.63, 3.8) is 0 Å². The Morgan fingerprint density at radius 2 is 1.80 bits per heavy atom. The molecule has 0 saturated heterocycles. The normalized spacial score (nSPS) is 12.2. The van der Waals surface area contributed by atoms with Gasteiger partial charge in [0.15, 0.2) is 5.82 Å². The summed E-state index contributed by atoms with van der Waals surface area (Å²) < 4.78 is 2.11. The summed E-state index contributed by atoms with van der Waals surface area (Å²) in [6.07, 6.45) is 1.78. The highest BCUT2D eigenvalue weighted by Gasteiger charge is 2.14. The van der Waals surface area contributed by atoms with Crippen LogP contribution in [0.25, 0.3) is 22.4 Å². The highest BCUT2D eigenvalue weighted by molar-refractivity contribution is 7.15. The molecule has 2 aromatic heterocycles. The Balaban J connectivity index is 1.89. The zero-order valence-electron chi connectivity index (χ0n) is 13.0. The number of hydrogen-bond donors (Lipinski definition) is 0. The summed E-state index contributed by atoms with van der Waals surface area (Å²) in [4.78, 5) is 13.4. The van der Waals surface area contributed by atoms with Crippen molar-refractivity contribution in [3.05, 3.63) is 78.5 Å². The summed E-state index contributed by atoms with van der Waals surface area (Å²) in [5.74, 6) is 0.546. The number of halogens is 2. The van der Waals surface area contributed by atoms with Crippen molar-refractivity contribution in [2.75, 3.05) is 0 Å². The molecule has 0 unspecified atom stereocenters. The van der Waals surface area contributed by atoms with Gasteiger partial charge in [-0.05, 0) is 30.7 Å². The maximum absolute atomic E-state index is 12.8. The molecule has 25 heavy (non-hydrogen) atoms. The molecule has 0 saturated carbocycles. The molecule has 4 aromatic rings. The second-order valence-corrected chi connectivity index (χ2v) is 7.42. The molecule has 2 aromatic carbocycles. The van der Waals surface area contributed by atoms with Crippen molar-refractivity contribution < 1.29 is 0 Å². The van der Waals surface area contributed by atoms with Gasteiger partial charge < -0.3 is 0 Å². The van der Waals surface area contributed by atoms with Crippen LogP contribution in [0.3, 0.4) is 0 Å². The van der Waals surface area contributed by atoms with Gasteiger partial charge in [0.25, 0.3) is 5.56 Å². The summed E-state index contributed by atoms with van der Waals surface area (Å²) in [6.45, 7) is 2.01. The van der Waals surface area contributed by atoms with Crippen molar-refractivity contribution in [2.45, 2.75) is 6.92 Å². The van der Waals surface area contributed by atoms with Crippen molar-refractivity contribution in [1.29, 1.82) is 0 Å². The van der Waals surface area contributed by atoms with Gasteiger partial charge in [-0.25, -0.2) is 4.40 Å². The fourth-order valence-electron chi connectivity index (χ4n) is 2.51. The van der Waals surface area contributed by atoms with Gasteiger partial charge in [-0.1, -0.05) is 70.4 Å². The molecule has 0 aliphatic rings. The van der Waals surface area contributed by atoms with E-state index in [0.29, 0.717) is 25.4 Å². The molecular weight excluding hydrogens is 377 g/mol. The van der Waals surface area contributed by atoms with Crippen molar-refractivity contribution in [3.8, 4) is 11.4 Å². The van der Waals surface area contributed by atoms with Crippen LogP contribution in [0.1, 0.15) is 11.1 Å². The molecule has 124 valence electrons. The summed E-state index contributed by atoms with van der Waals surface area (Å²) in [7, 11) is 0. The van der Waals surface area contributed by atoms with E-state index >= 15 is 0 Å². The largest absolute Gasteiger partial charge is 0.276 e. The van der Waals surface area contributed by atoms with E-state index in [1.807, 2.05) is 37.3 Å². The zero-order valence-corrected chi connectivity index (χ0v) is 15.4. The fourth-order valence-corrected chi connectivity index (χ4v) is 3.72. The lowest BCUT2D eigenvalue weighted by Gasteiger charge is -1.97. The van der Waals surface area contributed by atoms with E-state index in [1.165, 1.54) is 11.3 Å². The Bertz CT molecular complexity index is 1200. The standard InChI is InChI=1S/C18H11Cl2N3OS/c1-10-2-5-12(6-3-10)16-21-22-18-23(16)17(24)15(25-18)9-11-4-7-13(19)14(20)8-11/h2-9H,1H3/b15-9+. The fraction of sp³-hybridized carbons (Fsp3) is 0.0556. The van der Waals surface area contributed by atoms with Crippen LogP contribution in [-0.4, -0.2) is 14.6 Å². The molecule has 0 spiro atoms. The number of hydrogen-bond acceptors (Lipinski definition) is 4. The van der Waals surface area contributed by atoms with Crippen LogP contribution < -0.4 is 10.1 Å². The maximum Gasteiger partial charge on any atom is 0.276 e. The second kappa shape index (κ2) is 6.26. The monoisotopic (exact) mass is 387 g/mol. The van der Waals surface area contributed by atoms with E-state index in [2.05, 4.69) is 10.2 Å². The predicted molar refractivity (Wildman–Crippen MR) is 103 cm³/mol. The number of thiazole rings is 1. The van der Waals surface area contributed by atoms with Gasteiger partial charge in [0.05, 0.1) is 14.6 Å². The van der Waals surface area contributed by atoms with E-state index < -0.39 is 0 Å². The third-order valence-corrected chi connectivity index (χ3v) is 5.50. The highest BCUT2D eigenvalue weighted by atomic mass is 35.5. The minimum Gasteiger partial charge on any atom is -0.267 e. The number of benzene rings is 2. The van der Waals surface area contributed by atoms with E-state index in [4.69, 9.17) is 23.2 Å². The third-order valence-electron chi connectivity index (χ3n) is 3.80. The lowest BCUT2D eigenvalue weighted by molar-refractivity contribution is 1.09. The number of aromatic nitrogens is 3. The first-order valence-electron chi connectivity index (χ1n) is 7.45. The Labute approximate surface area is 157 Å². The Morgan fingerprint density at radius 3 is 2.52 bits per heavy atom. The van der Waals surface area contributed by atoms with Crippen molar-refractivity contribution >= 4 is 45.6 Å². The maximum atomic E-state index is 12.8. The lowest BCUT2D eigenvalue weighted by Crippen LogP contribution is -2.23. The Hall–Kier alpha value is -2.21. The summed E-state index contributed by atoms with van der Waals surface area (Å²) in [5.41, 5.74) is 2.66. The molecule has 0 aliphatic carbocycles. The quantitative estimate of drug-likeness (QED) is 0.522. The number of fused-ring (bicyclic) bond motifs is 1. The van der Waals surface area contributed by atoms with Crippen LogP contribution in [-0.2, 0) is 0 Å². The molecule has 0 radical (unpaired) electrons. The number of rotatable bonds is 2. The Kier molecular flexibility index (Phi) is 4.07. The summed E-state index contributed by atoms with van der Waals surface area (Å²) in [5, 5.41) is 9.23. The first kappa shape index (κ1) is 16.3. The molecule has 0 atom stereocenters. The van der Waals surface area contributed by atoms with Crippen molar-refractivity contribution in [2.24, 2.45) is 0 Å². The van der Waals surface area contributed by atoms with E-state index in [-0.39, 0.29) is 5.56 Å². The van der Waals surface area contributed by atoms with Crippen LogP contribution in [0.4, 0.5) is 0 Å². The van der Waals surface area contributed by atoms with Gasteiger partial charge in [-0.15, -0.1) is 10.2 Å². The van der Waals surface area contributed by atoms with Crippen LogP contribution in [0.5, 0.6) is 0 Å². The second-order valence-electron chi connectivity index (χ2n) is 5.60. The minimum absolute atomic E-state index is 0.147. The average molecular weight is 388 g/mol. The predicted octanol–water partition coefficient (Wildman–Crippen LogP) is 3.98. The third kappa shape index (κ3) is 2.95. The lowest BCUT2D eigenvalue weighted by atomic mass is 10.1. The molecule has 0 fully saturated rings. The van der Waals surface area contributed by atoms with Crippen LogP contribution >= 0.6 is 34.5 Å². The first-order chi connectivity index (χ1) is 12.0. The topological polar surface area (TPSA) is 47.3 Å². The molecule has 4 rings (SSSR count). The molecule has 4 nitrogen and oxygen atoms in total. The van der Waals surface area contributed by atoms with Gasteiger partial charge in [0, 0.05) is 5.56 Å². The minimum atomic E-state index is -0.147. The molecule has 0 aliphatic heterocycles. The van der Waals surface area contributed by atoms with Gasteiger partial charge in [0.1, 0.15) is 0 Å². The SMILES string of the molecule is Cc1ccc(-c2nnc3s/c(=C/c4ccc(Cl)c(Cl)c4)c(=O)n23)cc1. The van der Waals surface area contributed by atoms with Crippen LogP contribution in [0.15, 0.2) is 47.3 Å². The number of nitrogens with zero attached hydrogens (tertiary/aromatic N) is 3. The Morgan fingerprint density at radius 1 is 1.04 bits per heavy atom. The van der Waals surface area contributed by atoms with Gasteiger partial charge in [-0.2, -0.15) is 0 Å². The smallest absolute Gasteiger partial charge is 0.267 e. The summed E-state index contributed by atoms with van der Waals surface area (Å²) >= 11 is 13.3. The highest BCUT2D eigenvalue weighted by Crippen LogP contribution is 2.23. The van der Waals surface area contributed by atoms with E-state index in [9.17, 15) is 4.79 Å².